The van der Waals surface area contributed by atoms with Crippen molar-refractivity contribution in [1.82, 2.24) is 4.90 Å². The Labute approximate surface area is 184 Å². The number of nitrogens with one attached hydrogen (secondary N) is 2. The van der Waals surface area contributed by atoms with Gasteiger partial charge in [0.2, 0.25) is 11.8 Å². The van der Waals surface area contributed by atoms with Crippen molar-refractivity contribution in [2.75, 3.05) is 72.4 Å². The molecule has 0 aliphatic carbocycles. The maximum absolute atomic E-state index is 13.8. The average molecular weight is 434 g/mol. The van der Waals surface area contributed by atoms with Crippen LogP contribution < -0.4 is 14.5 Å². The Morgan fingerprint density at radius 2 is 1.58 bits per heavy atom. The molecule has 2 N–H and O–H groups in total. The number of quaternary nitrogens is 2. The second-order valence-electron chi connectivity index (χ2n) is 8.87. The maximum Gasteiger partial charge on any atom is 0.245 e. The summed E-state index contributed by atoms with van der Waals surface area (Å²) in [4.78, 5) is 31.5. The predicted molar refractivity (Wildman–Crippen MR) is 113 cm³/mol. The van der Waals surface area contributed by atoms with Crippen molar-refractivity contribution in [1.29, 1.82) is 0 Å². The van der Waals surface area contributed by atoms with Crippen molar-refractivity contribution < 1.29 is 33.6 Å². The van der Waals surface area contributed by atoms with Gasteiger partial charge in [-0.05, 0) is 31.5 Å². The lowest BCUT2D eigenvalue weighted by molar-refractivity contribution is -0.915. The number of benzene rings is 1. The Morgan fingerprint density at radius 1 is 1.00 bits per heavy atom. The van der Waals surface area contributed by atoms with Gasteiger partial charge in [0.05, 0.1) is 45.0 Å². The van der Waals surface area contributed by atoms with Gasteiger partial charge in [0.1, 0.15) is 37.8 Å². The largest absolute Gasteiger partial charge is 0.494 e. The highest BCUT2D eigenvalue weighted by Gasteiger charge is 2.59. The molecule has 8 nitrogen and oxygen atoms in total. The second-order valence-corrected chi connectivity index (χ2v) is 8.87. The van der Waals surface area contributed by atoms with Gasteiger partial charge < -0.3 is 24.0 Å². The van der Waals surface area contributed by atoms with Crippen LogP contribution in [-0.4, -0.2) is 89.1 Å². The van der Waals surface area contributed by atoms with Crippen LogP contribution in [0.2, 0.25) is 0 Å². The Kier molecular flexibility index (Phi) is 6.91. The Hall–Kier alpha value is -2.00. The smallest absolute Gasteiger partial charge is 0.245 e. The number of rotatable bonds is 7. The average Bonchev–Trinajstić information content (AvgIpc) is 2.98. The Bertz CT molecular complexity index is 774. The summed E-state index contributed by atoms with van der Waals surface area (Å²) >= 11 is 0. The van der Waals surface area contributed by atoms with E-state index in [1.54, 1.807) is 0 Å². The minimum atomic E-state index is -0.876. The first-order chi connectivity index (χ1) is 15.0. The van der Waals surface area contributed by atoms with E-state index in [0.29, 0.717) is 46.2 Å². The van der Waals surface area contributed by atoms with Crippen LogP contribution >= 0.6 is 0 Å². The highest BCUT2D eigenvalue weighted by molar-refractivity contribution is 6.10. The molecule has 0 bridgehead atoms. The molecule has 3 heterocycles. The van der Waals surface area contributed by atoms with Gasteiger partial charge in [-0.1, -0.05) is 12.1 Å². The summed E-state index contributed by atoms with van der Waals surface area (Å²) in [6.45, 7) is 11.7. The Balaban J connectivity index is 1.62. The minimum absolute atomic E-state index is 0.0423. The first-order valence-electron chi connectivity index (χ1n) is 11.5. The number of hydrogen-bond acceptors (Lipinski definition) is 5. The second kappa shape index (κ2) is 9.65. The number of hydrogen-bond donors (Lipinski definition) is 2. The van der Waals surface area contributed by atoms with E-state index in [-0.39, 0.29) is 17.7 Å². The summed E-state index contributed by atoms with van der Waals surface area (Å²) in [6, 6.07) is 7.69. The number of likely N-dealkylation sites (tertiary alicyclic amines) is 1. The molecule has 0 spiro atoms. The van der Waals surface area contributed by atoms with Crippen molar-refractivity contribution in [2.24, 2.45) is 5.92 Å². The first kappa shape index (κ1) is 22.2. The summed E-state index contributed by atoms with van der Waals surface area (Å²) in [5, 5.41) is 0. The van der Waals surface area contributed by atoms with Gasteiger partial charge in [0.25, 0.3) is 0 Å². The van der Waals surface area contributed by atoms with E-state index in [1.807, 2.05) is 38.1 Å². The maximum atomic E-state index is 13.8. The summed E-state index contributed by atoms with van der Waals surface area (Å²) in [5.41, 5.74) is 0.00483. The molecule has 2 atom stereocenters. The molecule has 1 aromatic rings. The zero-order valence-corrected chi connectivity index (χ0v) is 18.7. The van der Waals surface area contributed by atoms with Crippen LogP contribution in [0.4, 0.5) is 0 Å². The topological polar surface area (TPSA) is 74.0 Å². The van der Waals surface area contributed by atoms with Gasteiger partial charge in [-0.15, -0.1) is 0 Å². The van der Waals surface area contributed by atoms with Crippen LogP contribution in [0.25, 0.3) is 0 Å². The minimum Gasteiger partial charge on any atom is -0.494 e. The third kappa shape index (κ3) is 4.48. The molecule has 31 heavy (non-hydrogen) atoms. The third-order valence-electron chi connectivity index (χ3n) is 6.99. The molecule has 3 aliphatic rings. The summed E-state index contributed by atoms with van der Waals surface area (Å²) < 4.78 is 16.5. The lowest BCUT2D eigenvalue weighted by Gasteiger charge is -2.32. The number of carbonyl (C=O) groups is 2. The lowest BCUT2D eigenvalue weighted by atomic mass is 9.73. The molecule has 3 saturated heterocycles. The van der Waals surface area contributed by atoms with Crippen molar-refractivity contribution in [3.63, 3.8) is 0 Å². The number of nitrogens with zero attached hydrogens (tertiary/aromatic N) is 1. The number of carbonyl (C=O) groups excluding carboxylic acids is 2. The van der Waals surface area contributed by atoms with E-state index < -0.39 is 5.41 Å². The van der Waals surface area contributed by atoms with Gasteiger partial charge in [-0.3, -0.25) is 9.59 Å². The molecule has 0 saturated carbocycles. The molecular weight excluding hydrogens is 398 g/mol. The van der Waals surface area contributed by atoms with Crippen LogP contribution in [0.3, 0.4) is 0 Å². The summed E-state index contributed by atoms with van der Waals surface area (Å²) in [7, 11) is 0. The highest BCUT2D eigenvalue weighted by atomic mass is 16.5. The van der Waals surface area contributed by atoms with E-state index in [2.05, 4.69) is 0 Å². The standard InChI is InChI=1S/C23H33N3O5/c1-3-31-19-6-4-18(5-7-19)23(2)20(16-24-8-12-29-13-9-24)21(27)26(22(23)28)17-25-10-14-30-15-11-25/h4-7,20H,3,8-17H2,1-2H3/p+2/t20-,23-/m1/s1. The van der Waals surface area contributed by atoms with Gasteiger partial charge in [-0.2, -0.15) is 0 Å². The molecule has 8 heteroatoms. The van der Waals surface area contributed by atoms with Gasteiger partial charge >= 0.3 is 0 Å². The fraction of sp³-hybridized carbons (Fsp3) is 0.652. The third-order valence-corrected chi connectivity index (χ3v) is 6.99. The molecule has 1 aromatic carbocycles. The van der Waals surface area contributed by atoms with Crippen molar-refractivity contribution in [2.45, 2.75) is 19.3 Å². The summed E-state index contributed by atoms with van der Waals surface area (Å²) in [6.07, 6.45) is 0. The van der Waals surface area contributed by atoms with Crippen LogP contribution in [-0.2, 0) is 24.5 Å². The molecule has 170 valence electrons. The summed E-state index contributed by atoms with van der Waals surface area (Å²) in [5.74, 6) is 0.265. The molecule has 0 radical (unpaired) electrons. The zero-order valence-electron chi connectivity index (χ0n) is 18.7. The Morgan fingerprint density at radius 3 is 2.16 bits per heavy atom. The quantitative estimate of drug-likeness (QED) is 0.493. The number of morpholine rings is 2. The normalized spacial score (nSPS) is 28.3. The molecule has 4 rings (SSSR count). The number of imide groups is 1. The van der Waals surface area contributed by atoms with Crippen LogP contribution in [0, 0.1) is 5.92 Å². The van der Waals surface area contributed by atoms with E-state index in [0.717, 1.165) is 37.5 Å². The van der Waals surface area contributed by atoms with Crippen LogP contribution in [0.1, 0.15) is 19.4 Å². The van der Waals surface area contributed by atoms with E-state index in [4.69, 9.17) is 14.2 Å². The molecular formula is C23H35N3O5+2. The van der Waals surface area contributed by atoms with E-state index >= 15 is 0 Å². The van der Waals surface area contributed by atoms with Crippen LogP contribution in [0.15, 0.2) is 24.3 Å². The monoisotopic (exact) mass is 433 g/mol. The van der Waals surface area contributed by atoms with Crippen LogP contribution in [0.5, 0.6) is 5.75 Å². The van der Waals surface area contributed by atoms with Crippen molar-refractivity contribution in [3.05, 3.63) is 29.8 Å². The zero-order chi connectivity index (χ0) is 21.8. The molecule has 0 aromatic heterocycles. The molecule has 3 aliphatic heterocycles. The predicted octanol–water partition coefficient (Wildman–Crippen LogP) is -1.88. The number of ether oxygens (including phenoxy) is 3. The van der Waals surface area contributed by atoms with E-state index in [9.17, 15) is 9.59 Å². The SMILES string of the molecule is CCOc1ccc([C@@]2(C)C(=O)N(C[NH+]3CCOCC3)C(=O)[C@H]2C[NH+]2CCOCC2)cc1. The van der Waals surface area contributed by atoms with E-state index in [1.165, 1.54) is 14.7 Å². The molecule has 2 amide bonds. The van der Waals surface area contributed by atoms with Gasteiger partial charge in [0, 0.05) is 0 Å². The lowest BCUT2D eigenvalue weighted by Crippen LogP contribution is -3.15. The van der Waals surface area contributed by atoms with Gasteiger partial charge in [-0.25, -0.2) is 4.90 Å². The number of amides is 2. The fourth-order valence-electron chi connectivity index (χ4n) is 4.99. The molecule has 0 unspecified atom stereocenters. The van der Waals surface area contributed by atoms with Crippen molar-refractivity contribution in [3.8, 4) is 5.75 Å². The first-order valence-corrected chi connectivity index (χ1v) is 11.5. The van der Waals surface area contributed by atoms with Gasteiger partial charge in [0.15, 0.2) is 6.67 Å². The van der Waals surface area contributed by atoms with Crippen molar-refractivity contribution >= 4 is 11.8 Å². The fourth-order valence-corrected chi connectivity index (χ4v) is 4.99. The highest BCUT2D eigenvalue weighted by Crippen LogP contribution is 2.40. The molecule has 3 fully saturated rings.